The average Bonchev–Trinajstić information content (AvgIpc) is 2.90. The van der Waals surface area contributed by atoms with Crippen LogP contribution in [0.5, 0.6) is 0 Å². The summed E-state index contributed by atoms with van der Waals surface area (Å²) >= 11 is 0. The van der Waals surface area contributed by atoms with E-state index in [1.54, 1.807) is 0 Å². The Bertz CT molecular complexity index is 318. The molecule has 0 aromatic heterocycles. The van der Waals surface area contributed by atoms with Gasteiger partial charge >= 0.3 is 6.03 Å². The van der Waals surface area contributed by atoms with Crippen LogP contribution in [0.2, 0.25) is 0 Å². The van der Waals surface area contributed by atoms with Crippen molar-refractivity contribution in [3.05, 3.63) is 0 Å². The third kappa shape index (κ3) is 3.57. The number of halogens is 1. The third-order valence-electron chi connectivity index (χ3n) is 3.70. The minimum Gasteiger partial charge on any atom is -0.341 e. The predicted molar refractivity (Wildman–Crippen MR) is 70.8 cm³/mol. The molecule has 7 heteroatoms. The molecule has 0 aromatic rings. The van der Waals surface area contributed by atoms with Crippen LogP contribution in [0.1, 0.15) is 12.8 Å². The molecule has 3 N–H and O–H groups in total. The minimum absolute atomic E-state index is 0. The first-order valence-corrected chi connectivity index (χ1v) is 6.08. The van der Waals surface area contributed by atoms with Gasteiger partial charge in [0.1, 0.15) is 0 Å². The summed E-state index contributed by atoms with van der Waals surface area (Å²) < 4.78 is 0. The van der Waals surface area contributed by atoms with E-state index in [9.17, 15) is 9.59 Å². The Morgan fingerprint density at radius 2 is 2.17 bits per heavy atom. The number of amides is 3. The third-order valence-corrected chi connectivity index (χ3v) is 3.70. The Balaban J connectivity index is 0.00000162. The van der Waals surface area contributed by atoms with Crippen LogP contribution in [0.3, 0.4) is 0 Å². The number of carbonyl (C=O) groups excluding carboxylic acids is 2. The van der Waals surface area contributed by atoms with Crippen LogP contribution in [-0.4, -0.2) is 56.6 Å². The average molecular weight is 277 g/mol. The molecule has 6 nitrogen and oxygen atoms in total. The summed E-state index contributed by atoms with van der Waals surface area (Å²) in [5.74, 6) is -0.229. The fourth-order valence-corrected chi connectivity index (χ4v) is 2.74. The van der Waals surface area contributed by atoms with Gasteiger partial charge in [0, 0.05) is 20.1 Å². The fraction of sp³-hybridized carbons (Fsp3) is 0.818. The van der Waals surface area contributed by atoms with E-state index in [0.29, 0.717) is 12.0 Å². The van der Waals surface area contributed by atoms with Gasteiger partial charge in [0.05, 0.1) is 6.54 Å². The maximum absolute atomic E-state index is 11.5. The van der Waals surface area contributed by atoms with Crippen molar-refractivity contribution in [2.24, 2.45) is 5.41 Å². The van der Waals surface area contributed by atoms with Crippen LogP contribution >= 0.6 is 12.4 Å². The van der Waals surface area contributed by atoms with E-state index < -0.39 is 6.03 Å². The summed E-state index contributed by atoms with van der Waals surface area (Å²) in [6, 6.07) is -0.438. The van der Waals surface area contributed by atoms with Crippen molar-refractivity contribution >= 4 is 24.3 Å². The summed E-state index contributed by atoms with van der Waals surface area (Å²) in [6.45, 7) is 4.36. The zero-order valence-electron chi connectivity index (χ0n) is 10.6. The second-order valence-corrected chi connectivity index (χ2v) is 5.01. The first-order chi connectivity index (χ1) is 8.13. The molecule has 2 saturated heterocycles. The number of hydrogen-bond donors (Lipinski definition) is 3. The van der Waals surface area contributed by atoms with Crippen LogP contribution < -0.4 is 16.0 Å². The molecule has 2 fully saturated rings. The van der Waals surface area contributed by atoms with E-state index in [0.717, 1.165) is 32.6 Å². The first-order valence-electron chi connectivity index (χ1n) is 6.08. The highest BCUT2D eigenvalue weighted by molar-refractivity contribution is 5.95. The number of hydrogen-bond acceptors (Lipinski definition) is 4. The number of nitrogens with one attached hydrogen (secondary N) is 3. The molecular weight excluding hydrogens is 256 g/mol. The number of rotatable bonds is 2. The smallest absolute Gasteiger partial charge is 0.321 e. The molecule has 1 spiro atoms. The summed E-state index contributed by atoms with van der Waals surface area (Å²) in [5.41, 5.74) is 0.368. The lowest BCUT2D eigenvalue weighted by molar-refractivity contribution is -0.121. The van der Waals surface area contributed by atoms with E-state index >= 15 is 0 Å². The minimum atomic E-state index is -0.438. The highest BCUT2D eigenvalue weighted by Gasteiger charge is 2.40. The fourth-order valence-electron chi connectivity index (χ4n) is 2.74. The molecular formula is C11H21ClN4O2. The van der Waals surface area contributed by atoms with E-state index in [4.69, 9.17) is 0 Å². The molecule has 2 rings (SSSR count). The van der Waals surface area contributed by atoms with Gasteiger partial charge in [-0.25, -0.2) is 4.79 Å². The second-order valence-electron chi connectivity index (χ2n) is 5.01. The Hall–Kier alpha value is -0.850. The molecule has 2 aliphatic heterocycles. The van der Waals surface area contributed by atoms with Gasteiger partial charge in [0.2, 0.25) is 5.91 Å². The lowest BCUT2D eigenvalue weighted by Crippen LogP contribution is -2.43. The Morgan fingerprint density at radius 3 is 2.78 bits per heavy atom. The van der Waals surface area contributed by atoms with Crippen molar-refractivity contribution in [2.75, 3.05) is 39.8 Å². The lowest BCUT2D eigenvalue weighted by atomic mass is 9.87. The molecule has 2 heterocycles. The van der Waals surface area contributed by atoms with Crippen LogP contribution in [0, 0.1) is 5.41 Å². The van der Waals surface area contributed by atoms with Gasteiger partial charge in [-0.2, -0.15) is 0 Å². The van der Waals surface area contributed by atoms with Crippen molar-refractivity contribution in [1.29, 1.82) is 0 Å². The zero-order valence-corrected chi connectivity index (χ0v) is 11.4. The quantitative estimate of drug-likeness (QED) is 0.639. The van der Waals surface area contributed by atoms with Gasteiger partial charge in [-0.3, -0.25) is 15.0 Å². The first kappa shape index (κ1) is 15.2. The van der Waals surface area contributed by atoms with Crippen molar-refractivity contribution in [3.63, 3.8) is 0 Å². The summed E-state index contributed by atoms with van der Waals surface area (Å²) in [7, 11) is 1.50. The van der Waals surface area contributed by atoms with E-state index in [1.165, 1.54) is 13.5 Å². The highest BCUT2D eigenvalue weighted by Crippen LogP contribution is 2.35. The molecule has 18 heavy (non-hydrogen) atoms. The van der Waals surface area contributed by atoms with Crippen molar-refractivity contribution < 1.29 is 9.59 Å². The number of urea groups is 1. The maximum Gasteiger partial charge on any atom is 0.321 e. The molecule has 3 amide bonds. The molecule has 0 bridgehead atoms. The van der Waals surface area contributed by atoms with Crippen molar-refractivity contribution in [2.45, 2.75) is 12.8 Å². The van der Waals surface area contributed by atoms with Crippen LogP contribution in [0.4, 0.5) is 4.79 Å². The molecule has 0 aromatic carbocycles. The van der Waals surface area contributed by atoms with Gasteiger partial charge in [-0.15, -0.1) is 12.4 Å². The predicted octanol–water partition coefficient (Wildman–Crippen LogP) is -0.451. The number of likely N-dealkylation sites (tertiary alicyclic amines) is 1. The normalized spacial score (nSPS) is 26.9. The molecule has 0 radical (unpaired) electrons. The van der Waals surface area contributed by atoms with Crippen LogP contribution in [0.25, 0.3) is 0 Å². The molecule has 104 valence electrons. The number of carbonyl (C=O) groups is 2. The highest BCUT2D eigenvalue weighted by atomic mass is 35.5. The SMILES string of the molecule is CNC(=O)NC(=O)CN1CCC2(CCNC2)C1.Cl. The maximum atomic E-state index is 11.5. The topological polar surface area (TPSA) is 73.5 Å². The van der Waals surface area contributed by atoms with Crippen LogP contribution in [-0.2, 0) is 4.79 Å². The molecule has 0 saturated carbocycles. The van der Waals surface area contributed by atoms with Gasteiger partial charge in [0.15, 0.2) is 0 Å². The second kappa shape index (κ2) is 6.36. The Labute approximate surface area is 113 Å². The summed E-state index contributed by atoms with van der Waals surface area (Å²) in [5, 5.41) is 8.04. The summed E-state index contributed by atoms with van der Waals surface area (Å²) in [6.07, 6.45) is 2.34. The largest absolute Gasteiger partial charge is 0.341 e. The standard InChI is InChI=1S/C11H20N4O2.ClH/c1-12-10(17)14-9(16)6-15-5-3-11(8-15)2-4-13-7-11;/h13H,2-8H2,1H3,(H2,12,14,16,17);1H. The lowest BCUT2D eigenvalue weighted by Gasteiger charge is -2.22. The van der Waals surface area contributed by atoms with Gasteiger partial charge in [0.25, 0.3) is 0 Å². The molecule has 1 atom stereocenters. The van der Waals surface area contributed by atoms with Gasteiger partial charge in [-0.05, 0) is 31.3 Å². The summed E-state index contributed by atoms with van der Waals surface area (Å²) in [4.78, 5) is 24.6. The molecule has 2 aliphatic rings. The van der Waals surface area contributed by atoms with Crippen LogP contribution in [0.15, 0.2) is 0 Å². The van der Waals surface area contributed by atoms with Gasteiger partial charge in [-0.1, -0.05) is 0 Å². The molecule has 1 unspecified atom stereocenters. The van der Waals surface area contributed by atoms with Crippen molar-refractivity contribution in [3.8, 4) is 0 Å². The zero-order chi connectivity index (χ0) is 12.3. The Morgan fingerprint density at radius 1 is 1.39 bits per heavy atom. The Kier molecular flexibility index (Phi) is 5.37. The number of nitrogens with zero attached hydrogens (tertiary/aromatic N) is 1. The monoisotopic (exact) mass is 276 g/mol. The van der Waals surface area contributed by atoms with E-state index in [2.05, 4.69) is 20.9 Å². The van der Waals surface area contributed by atoms with E-state index in [1.807, 2.05) is 0 Å². The number of imide groups is 1. The van der Waals surface area contributed by atoms with Crippen molar-refractivity contribution in [1.82, 2.24) is 20.9 Å². The van der Waals surface area contributed by atoms with E-state index in [-0.39, 0.29) is 18.3 Å². The molecule has 0 aliphatic carbocycles. The van der Waals surface area contributed by atoms with Gasteiger partial charge < -0.3 is 10.6 Å².